The first-order valence-corrected chi connectivity index (χ1v) is 10.3. The number of hydrogen-bond donors (Lipinski definition) is 0. The summed E-state index contributed by atoms with van der Waals surface area (Å²) in [6, 6.07) is 20.2. The van der Waals surface area contributed by atoms with Gasteiger partial charge in [0.25, 0.3) is 0 Å². The molecule has 30 heavy (non-hydrogen) atoms. The summed E-state index contributed by atoms with van der Waals surface area (Å²) < 4.78 is 16.2. The van der Waals surface area contributed by atoms with Crippen LogP contribution >= 0.6 is 0 Å². The topological polar surface area (TPSA) is 44.8 Å². The minimum atomic E-state index is -0.385. The molecule has 0 spiro atoms. The molecule has 1 aliphatic heterocycles. The first-order chi connectivity index (χ1) is 14.6. The van der Waals surface area contributed by atoms with E-state index in [1.807, 2.05) is 36.4 Å². The Balaban J connectivity index is 1.41. The van der Waals surface area contributed by atoms with Crippen LogP contribution in [0.15, 0.2) is 60.7 Å². The van der Waals surface area contributed by atoms with E-state index in [0.717, 1.165) is 57.9 Å². The van der Waals surface area contributed by atoms with Crippen molar-refractivity contribution in [1.82, 2.24) is 0 Å². The van der Waals surface area contributed by atoms with E-state index in [1.165, 1.54) is 0 Å². The molecule has 0 bridgehead atoms. The highest BCUT2D eigenvalue weighted by Gasteiger charge is 2.50. The first-order valence-electron chi connectivity index (χ1n) is 10.3. The first kappa shape index (κ1) is 18.7. The van der Waals surface area contributed by atoms with Gasteiger partial charge in [0.15, 0.2) is 11.5 Å². The van der Waals surface area contributed by atoms with Crippen LogP contribution in [0.1, 0.15) is 29.5 Å². The highest BCUT2D eigenvalue weighted by molar-refractivity contribution is 5.95. The number of ether oxygens (including phenoxy) is 3. The number of rotatable bonds is 6. The summed E-state index contributed by atoms with van der Waals surface area (Å²) in [5, 5.41) is 0. The molecular weight excluding hydrogens is 376 g/mol. The van der Waals surface area contributed by atoms with Gasteiger partial charge in [-0.1, -0.05) is 36.4 Å². The minimum absolute atomic E-state index is 0.247. The van der Waals surface area contributed by atoms with Crippen molar-refractivity contribution in [2.75, 3.05) is 13.9 Å². The van der Waals surface area contributed by atoms with Crippen molar-refractivity contribution in [1.29, 1.82) is 0 Å². The number of hydrogen-bond acceptors (Lipinski definition) is 4. The Labute approximate surface area is 176 Å². The lowest BCUT2D eigenvalue weighted by Crippen LogP contribution is -2.23. The fourth-order valence-electron chi connectivity index (χ4n) is 4.35. The number of ketones is 1. The molecule has 3 aromatic carbocycles. The Morgan fingerprint density at radius 1 is 1.00 bits per heavy atom. The molecule has 1 fully saturated rings. The Bertz CT molecular complexity index is 1110. The summed E-state index contributed by atoms with van der Waals surface area (Å²) in [6.45, 7) is 2.35. The molecule has 4 heteroatoms. The quantitative estimate of drug-likeness (QED) is 0.567. The molecule has 4 nitrogen and oxygen atoms in total. The molecule has 1 saturated carbocycles. The average molecular weight is 400 g/mol. The molecule has 0 radical (unpaired) electrons. The maximum absolute atomic E-state index is 13.4. The molecule has 1 aliphatic carbocycles. The van der Waals surface area contributed by atoms with Crippen molar-refractivity contribution in [3.63, 3.8) is 0 Å². The lowest BCUT2D eigenvalue weighted by Gasteiger charge is -2.17. The van der Waals surface area contributed by atoms with Crippen molar-refractivity contribution >= 4 is 5.78 Å². The van der Waals surface area contributed by atoms with Crippen molar-refractivity contribution in [2.45, 2.75) is 31.6 Å². The van der Waals surface area contributed by atoms with Gasteiger partial charge in [0, 0.05) is 6.42 Å². The summed E-state index contributed by atoms with van der Waals surface area (Å²) >= 11 is 0. The largest absolute Gasteiger partial charge is 0.497 e. The fraction of sp³-hybridized carbons (Fsp3) is 0.269. The maximum Gasteiger partial charge on any atom is 0.231 e. The van der Waals surface area contributed by atoms with Crippen LogP contribution in [0.25, 0.3) is 11.1 Å². The molecule has 5 rings (SSSR count). The van der Waals surface area contributed by atoms with Crippen LogP contribution in [0.4, 0.5) is 0 Å². The van der Waals surface area contributed by atoms with E-state index in [-0.39, 0.29) is 18.0 Å². The lowest BCUT2D eigenvalue weighted by molar-refractivity contribution is -0.120. The summed E-state index contributed by atoms with van der Waals surface area (Å²) in [4.78, 5) is 13.4. The number of Topliss-reactive ketones (excluding diaryl/α,β-unsaturated/α-hetero) is 1. The van der Waals surface area contributed by atoms with Crippen LogP contribution in [-0.4, -0.2) is 19.7 Å². The molecule has 2 aliphatic rings. The van der Waals surface area contributed by atoms with E-state index in [4.69, 9.17) is 14.2 Å². The van der Waals surface area contributed by atoms with Crippen LogP contribution < -0.4 is 14.2 Å². The van der Waals surface area contributed by atoms with Crippen molar-refractivity contribution in [3.8, 4) is 28.4 Å². The van der Waals surface area contributed by atoms with Crippen molar-refractivity contribution < 1.29 is 19.0 Å². The number of carbonyl (C=O) groups excluding carboxylic acids is 1. The van der Waals surface area contributed by atoms with Gasteiger partial charge in [-0.25, -0.2) is 0 Å². The highest BCUT2D eigenvalue weighted by atomic mass is 16.7. The second-order valence-electron chi connectivity index (χ2n) is 8.07. The number of benzene rings is 3. The summed E-state index contributed by atoms with van der Waals surface area (Å²) in [6.07, 6.45) is 2.22. The Kier molecular flexibility index (Phi) is 4.50. The van der Waals surface area contributed by atoms with E-state index in [2.05, 4.69) is 31.2 Å². The smallest absolute Gasteiger partial charge is 0.231 e. The standard InChI is InChI=1S/C26H24O4/c1-17-19(4-3-5-22(17)18-6-9-21(28-2)10-7-18)14-25(27)26(12-13-26)20-8-11-23-24(15-20)30-16-29-23/h3-11,15H,12-14,16H2,1-2H3. The van der Waals surface area contributed by atoms with Gasteiger partial charge >= 0.3 is 0 Å². The van der Waals surface area contributed by atoms with Crippen molar-refractivity contribution in [3.05, 3.63) is 77.4 Å². The molecule has 3 aromatic rings. The predicted molar refractivity (Wildman–Crippen MR) is 115 cm³/mol. The minimum Gasteiger partial charge on any atom is -0.497 e. The second-order valence-corrected chi connectivity index (χ2v) is 8.07. The van der Waals surface area contributed by atoms with Gasteiger partial charge in [-0.05, 0) is 71.8 Å². The van der Waals surface area contributed by atoms with Gasteiger partial charge in [0.1, 0.15) is 11.5 Å². The predicted octanol–water partition coefficient (Wildman–Crippen LogP) is 5.24. The molecule has 0 amide bonds. The molecule has 0 atom stereocenters. The van der Waals surface area contributed by atoms with Crippen LogP contribution in [0.5, 0.6) is 17.2 Å². The molecule has 152 valence electrons. The number of carbonyl (C=O) groups is 1. The fourth-order valence-corrected chi connectivity index (χ4v) is 4.35. The lowest BCUT2D eigenvalue weighted by atomic mass is 9.86. The molecule has 0 unspecified atom stereocenters. The average Bonchev–Trinajstić information content (AvgIpc) is 3.46. The molecule has 1 heterocycles. The van der Waals surface area contributed by atoms with Crippen LogP contribution in [0.2, 0.25) is 0 Å². The summed E-state index contributed by atoms with van der Waals surface area (Å²) in [5.74, 6) is 2.60. The van der Waals surface area contributed by atoms with Gasteiger partial charge < -0.3 is 14.2 Å². The van der Waals surface area contributed by atoms with Gasteiger partial charge in [-0.3, -0.25) is 4.79 Å². The zero-order valence-electron chi connectivity index (χ0n) is 17.2. The maximum atomic E-state index is 13.4. The monoisotopic (exact) mass is 400 g/mol. The van der Waals surface area contributed by atoms with Gasteiger partial charge in [-0.2, -0.15) is 0 Å². The second kappa shape index (κ2) is 7.21. The normalized spacial score (nSPS) is 15.7. The Morgan fingerprint density at radius 2 is 1.77 bits per heavy atom. The van der Waals surface area contributed by atoms with Crippen LogP contribution in [0.3, 0.4) is 0 Å². The Hall–Kier alpha value is -3.27. The van der Waals surface area contributed by atoms with Crippen LogP contribution in [-0.2, 0) is 16.6 Å². The number of fused-ring (bicyclic) bond motifs is 1. The highest BCUT2D eigenvalue weighted by Crippen LogP contribution is 2.51. The van der Waals surface area contributed by atoms with Gasteiger partial charge in [0.2, 0.25) is 6.79 Å². The molecular formula is C26H24O4. The zero-order valence-corrected chi connectivity index (χ0v) is 17.2. The molecule has 0 N–H and O–H groups in total. The third-order valence-electron chi connectivity index (χ3n) is 6.41. The molecule has 0 saturated heterocycles. The van der Waals surface area contributed by atoms with Gasteiger partial charge in [0.05, 0.1) is 12.5 Å². The van der Waals surface area contributed by atoms with E-state index in [9.17, 15) is 4.79 Å². The van der Waals surface area contributed by atoms with Crippen molar-refractivity contribution in [2.24, 2.45) is 0 Å². The SMILES string of the molecule is COc1ccc(-c2cccc(CC(=O)C3(c4ccc5c(c4)OCO5)CC3)c2C)cc1. The summed E-state index contributed by atoms with van der Waals surface area (Å²) in [7, 11) is 1.67. The molecule has 0 aromatic heterocycles. The van der Waals surface area contributed by atoms with E-state index < -0.39 is 0 Å². The van der Waals surface area contributed by atoms with E-state index >= 15 is 0 Å². The number of methoxy groups -OCH3 is 1. The van der Waals surface area contributed by atoms with Crippen LogP contribution in [0, 0.1) is 6.92 Å². The Morgan fingerprint density at radius 3 is 2.50 bits per heavy atom. The summed E-state index contributed by atoms with van der Waals surface area (Å²) in [5.41, 5.74) is 5.16. The third kappa shape index (κ3) is 3.13. The van der Waals surface area contributed by atoms with Gasteiger partial charge in [-0.15, -0.1) is 0 Å². The van der Waals surface area contributed by atoms with E-state index in [1.54, 1.807) is 7.11 Å². The van der Waals surface area contributed by atoms with E-state index in [0.29, 0.717) is 6.42 Å². The third-order valence-corrected chi connectivity index (χ3v) is 6.41. The zero-order chi connectivity index (χ0) is 20.7.